The minimum Gasteiger partial charge on any atom is -0.396 e. The first-order chi connectivity index (χ1) is 9.88. The lowest BCUT2D eigenvalue weighted by molar-refractivity contribution is -0.121. The lowest BCUT2D eigenvalue weighted by Crippen LogP contribution is -2.40. The Balaban J connectivity index is 2.75. The predicted molar refractivity (Wildman–Crippen MR) is 72.6 cm³/mol. The van der Waals surface area contributed by atoms with Gasteiger partial charge in [0.1, 0.15) is 11.4 Å². The fourth-order valence-corrected chi connectivity index (χ4v) is 1.59. The molecular weight excluding hydrogens is 284 g/mol. The molecule has 1 rings (SSSR count). The first-order valence-electron chi connectivity index (χ1n) is 6.13. The second kappa shape index (κ2) is 7.53. The third-order valence-electron chi connectivity index (χ3n) is 2.69. The van der Waals surface area contributed by atoms with E-state index in [1.165, 1.54) is 14.2 Å². The Morgan fingerprint density at radius 1 is 1.38 bits per heavy atom. The summed E-state index contributed by atoms with van der Waals surface area (Å²) in [4.78, 5) is 24.4. The molecule has 0 radical (unpaired) electrons. The topological polar surface area (TPSA) is 84.7 Å². The largest absolute Gasteiger partial charge is 0.396 e. The van der Waals surface area contributed by atoms with E-state index in [1.54, 1.807) is 0 Å². The molecule has 6 nitrogen and oxygen atoms in total. The highest BCUT2D eigenvalue weighted by Gasteiger charge is 2.23. The molecule has 8 heteroatoms. The fourth-order valence-electron chi connectivity index (χ4n) is 1.59. The van der Waals surface area contributed by atoms with Crippen molar-refractivity contribution >= 4 is 17.5 Å². The molecule has 1 aromatic carbocycles. The number of hydrogen-bond donors (Lipinski definition) is 2. The number of amides is 2. The molecule has 21 heavy (non-hydrogen) atoms. The van der Waals surface area contributed by atoms with Gasteiger partial charge in [0.05, 0.1) is 18.8 Å². The molecule has 116 valence electrons. The zero-order valence-electron chi connectivity index (χ0n) is 11.8. The van der Waals surface area contributed by atoms with Crippen LogP contribution in [0.5, 0.6) is 0 Å². The van der Waals surface area contributed by atoms with Crippen LogP contribution in [0.2, 0.25) is 0 Å². The van der Waals surface area contributed by atoms with Crippen molar-refractivity contribution in [2.24, 2.45) is 0 Å². The maximum absolute atomic E-state index is 13.7. The number of carbonyl (C=O) groups excluding carboxylic acids is 2. The molecule has 1 aromatic rings. The quantitative estimate of drug-likeness (QED) is 0.588. The third-order valence-corrected chi connectivity index (χ3v) is 2.69. The molecule has 0 aliphatic carbocycles. The van der Waals surface area contributed by atoms with Crippen LogP contribution < -0.4 is 11.1 Å². The van der Waals surface area contributed by atoms with Crippen LogP contribution in [0.25, 0.3) is 0 Å². The number of rotatable bonds is 6. The van der Waals surface area contributed by atoms with Crippen LogP contribution in [0.4, 0.5) is 14.5 Å². The molecule has 0 aliphatic heterocycles. The molecule has 0 saturated heterocycles. The van der Waals surface area contributed by atoms with Crippen molar-refractivity contribution in [3.8, 4) is 0 Å². The van der Waals surface area contributed by atoms with E-state index in [4.69, 9.17) is 10.5 Å². The van der Waals surface area contributed by atoms with Crippen molar-refractivity contribution < 1.29 is 23.1 Å². The zero-order chi connectivity index (χ0) is 16.0. The van der Waals surface area contributed by atoms with E-state index in [2.05, 4.69) is 5.32 Å². The lowest BCUT2D eigenvalue weighted by Gasteiger charge is -2.18. The van der Waals surface area contributed by atoms with E-state index in [9.17, 15) is 18.4 Å². The first-order valence-corrected chi connectivity index (χ1v) is 6.13. The number of nitrogens with two attached hydrogens (primary N) is 1. The second-order valence-electron chi connectivity index (χ2n) is 4.33. The summed E-state index contributed by atoms with van der Waals surface area (Å²) in [7, 11) is 2.74. The Kier molecular flexibility index (Phi) is 6.04. The third kappa shape index (κ3) is 4.38. The van der Waals surface area contributed by atoms with E-state index < -0.39 is 29.0 Å². The second-order valence-corrected chi connectivity index (χ2v) is 4.33. The number of halogens is 2. The van der Waals surface area contributed by atoms with Crippen LogP contribution >= 0.6 is 0 Å². The number of nitrogens with zero attached hydrogens (tertiary/aromatic N) is 1. The van der Waals surface area contributed by atoms with Gasteiger partial charge >= 0.3 is 0 Å². The van der Waals surface area contributed by atoms with Gasteiger partial charge in [-0.1, -0.05) is 0 Å². The van der Waals surface area contributed by atoms with Gasteiger partial charge in [0, 0.05) is 20.7 Å². The Bertz CT molecular complexity index is 538. The number of anilines is 1. The number of ether oxygens (including phenoxy) is 1. The predicted octanol–water partition coefficient (Wildman–Crippen LogP) is 0.382. The van der Waals surface area contributed by atoms with Gasteiger partial charge < -0.3 is 20.7 Å². The lowest BCUT2D eigenvalue weighted by atomic mass is 10.1. The van der Waals surface area contributed by atoms with Gasteiger partial charge in [-0.05, 0) is 12.1 Å². The maximum atomic E-state index is 13.7. The van der Waals surface area contributed by atoms with Gasteiger partial charge in [-0.25, -0.2) is 8.78 Å². The summed E-state index contributed by atoms with van der Waals surface area (Å²) < 4.78 is 32.0. The SMILES string of the molecule is COCCNC(=O)CN(C)C(=O)c1c(F)ccc(N)c1F. The van der Waals surface area contributed by atoms with Crippen molar-refractivity contribution in [1.29, 1.82) is 0 Å². The summed E-state index contributed by atoms with van der Waals surface area (Å²) in [5.74, 6) is -3.59. The number of methoxy groups -OCH3 is 1. The monoisotopic (exact) mass is 301 g/mol. The minimum absolute atomic E-state index is 0.276. The summed E-state index contributed by atoms with van der Waals surface area (Å²) >= 11 is 0. The zero-order valence-corrected chi connectivity index (χ0v) is 11.8. The highest BCUT2D eigenvalue weighted by atomic mass is 19.1. The van der Waals surface area contributed by atoms with Crippen LogP contribution in [0.15, 0.2) is 12.1 Å². The molecule has 2 amide bonds. The highest BCUT2D eigenvalue weighted by molar-refractivity contribution is 5.97. The van der Waals surface area contributed by atoms with Gasteiger partial charge in [-0.15, -0.1) is 0 Å². The molecular formula is C13H17F2N3O3. The normalized spacial score (nSPS) is 10.3. The average molecular weight is 301 g/mol. The van der Waals surface area contributed by atoms with Crippen molar-refractivity contribution in [1.82, 2.24) is 10.2 Å². The molecule has 0 fully saturated rings. The summed E-state index contributed by atoms with van der Waals surface area (Å²) in [6.07, 6.45) is 0. The van der Waals surface area contributed by atoms with E-state index in [-0.39, 0.29) is 18.8 Å². The number of carbonyl (C=O) groups is 2. The fraction of sp³-hybridized carbons (Fsp3) is 0.385. The van der Waals surface area contributed by atoms with Crippen LogP contribution in [0, 0.1) is 11.6 Å². The van der Waals surface area contributed by atoms with E-state index in [1.807, 2.05) is 0 Å². The van der Waals surface area contributed by atoms with Gasteiger partial charge in [0.25, 0.3) is 5.91 Å². The molecule has 0 aromatic heterocycles. The number of likely N-dealkylation sites (N-methyl/N-ethyl adjacent to an activating group) is 1. The number of benzene rings is 1. The summed E-state index contributed by atoms with van der Waals surface area (Å²) in [6.45, 7) is 0.260. The van der Waals surface area contributed by atoms with Gasteiger partial charge in [0.2, 0.25) is 5.91 Å². The standard InChI is InChI=1S/C13H17F2N3O3/c1-18(7-10(19)17-5-6-21-2)13(20)11-8(14)3-4-9(16)12(11)15/h3-4H,5-7,16H2,1-2H3,(H,17,19). The van der Waals surface area contributed by atoms with Crippen molar-refractivity contribution in [3.05, 3.63) is 29.3 Å². The summed E-state index contributed by atoms with van der Waals surface area (Å²) in [5, 5.41) is 2.49. The maximum Gasteiger partial charge on any atom is 0.260 e. The van der Waals surface area contributed by atoms with Gasteiger partial charge in [-0.2, -0.15) is 0 Å². The minimum atomic E-state index is -1.13. The van der Waals surface area contributed by atoms with Crippen LogP contribution in [-0.4, -0.2) is 50.6 Å². The Hall–Kier alpha value is -2.22. The summed E-state index contributed by atoms with van der Waals surface area (Å²) in [6, 6.07) is 1.93. The molecule has 0 unspecified atom stereocenters. The molecule has 3 N–H and O–H groups in total. The van der Waals surface area contributed by atoms with Crippen LogP contribution in [0.3, 0.4) is 0 Å². The van der Waals surface area contributed by atoms with Crippen molar-refractivity contribution in [2.75, 3.05) is 39.6 Å². The van der Waals surface area contributed by atoms with Crippen LogP contribution in [0.1, 0.15) is 10.4 Å². The average Bonchev–Trinajstić information content (AvgIpc) is 2.43. The first kappa shape index (κ1) is 16.8. The Morgan fingerprint density at radius 2 is 2.05 bits per heavy atom. The number of nitrogen functional groups attached to an aromatic ring is 1. The van der Waals surface area contributed by atoms with E-state index in [0.29, 0.717) is 6.61 Å². The molecule has 0 bridgehead atoms. The number of hydrogen-bond acceptors (Lipinski definition) is 4. The molecule has 0 atom stereocenters. The van der Waals surface area contributed by atoms with E-state index in [0.717, 1.165) is 17.0 Å². The molecule has 0 spiro atoms. The number of nitrogens with one attached hydrogen (secondary N) is 1. The highest BCUT2D eigenvalue weighted by Crippen LogP contribution is 2.19. The van der Waals surface area contributed by atoms with Gasteiger partial charge in [-0.3, -0.25) is 9.59 Å². The van der Waals surface area contributed by atoms with E-state index >= 15 is 0 Å². The molecule has 0 aliphatic rings. The Morgan fingerprint density at radius 3 is 2.67 bits per heavy atom. The van der Waals surface area contributed by atoms with Crippen molar-refractivity contribution in [2.45, 2.75) is 0 Å². The van der Waals surface area contributed by atoms with Crippen LogP contribution in [-0.2, 0) is 9.53 Å². The Labute approximate surface area is 120 Å². The molecule has 0 saturated carbocycles. The van der Waals surface area contributed by atoms with Gasteiger partial charge in [0.15, 0.2) is 5.82 Å². The summed E-state index contributed by atoms with van der Waals surface area (Å²) in [5.41, 5.74) is 4.19. The smallest absolute Gasteiger partial charge is 0.260 e. The molecule has 0 heterocycles. The van der Waals surface area contributed by atoms with Crippen molar-refractivity contribution in [3.63, 3.8) is 0 Å².